The molecule has 0 spiro atoms. The van der Waals surface area contributed by atoms with Gasteiger partial charge in [-0.3, -0.25) is 19.4 Å². The van der Waals surface area contributed by atoms with E-state index in [9.17, 15) is 19.5 Å². The van der Waals surface area contributed by atoms with Crippen LogP contribution in [0.15, 0.2) is 48.5 Å². The van der Waals surface area contributed by atoms with E-state index in [4.69, 9.17) is 16.3 Å². The number of carbonyl (C=O) groups is 3. The summed E-state index contributed by atoms with van der Waals surface area (Å²) in [6.07, 6.45) is 1.24. The van der Waals surface area contributed by atoms with Crippen LogP contribution in [0.1, 0.15) is 30.9 Å². The highest BCUT2D eigenvalue weighted by molar-refractivity contribution is 6.36. The molecule has 4 amide bonds. The van der Waals surface area contributed by atoms with E-state index >= 15 is 4.39 Å². The van der Waals surface area contributed by atoms with Gasteiger partial charge >= 0.3 is 6.03 Å². The molecule has 2 aliphatic heterocycles. The van der Waals surface area contributed by atoms with Crippen LogP contribution in [0.5, 0.6) is 5.75 Å². The molecule has 238 valence electrons. The highest BCUT2D eigenvalue weighted by atomic mass is 35.5. The topological polar surface area (TPSA) is 102 Å². The van der Waals surface area contributed by atoms with Gasteiger partial charge in [0.05, 0.1) is 17.7 Å². The second-order valence-corrected chi connectivity index (χ2v) is 12.5. The Morgan fingerprint density at radius 1 is 1.09 bits per heavy atom. The van der Waals surface area contributed by atoms with Gasteiger partial charge < -0.3 is 20.1 Å². The van der Waals surface area contributed by atoms with Crippen molar-refractivity contribution in [2.24, 2.45) is 5.92 Å². The van der Waals surface area contributed by atoms with Gasteiger partial charge in [-0.25, -0.2) is 9.18 Å². The minimum absolute atomic E-state index is 0.0145. The Hall–Kier alpha value is -3.99. The van der Waals surface area contributed by atoms with Crippen molar-refractivity contribution in [3.05, 3.63) is 70.5 Å². The number of nitrogens with one attached hydrogen (secondary N) is 1. The van der Waals surface area contributed by atoms with Crippen LogP contribution in [-0.4, -0.2) is 84.1 Å². The summed E-state index contributed by atoms with van der Waals surface area (Å²) in [6, 6.07) is 13.7. The largest absolute Gasteiger partial charge is 0.496 e. The normalized spacial score (nSPS) is 18.7. The number of hydrogen-bond acceptors (Lipinski definition) is 6. The van der Waals surface area contributed by atoms with Gasteiger partial charge in [0.2, 0.25) is 11.8 Å². The highest BCUT2D eigenvalue weighted by Crippen LogP contribution is 2.41. The summed E-state index contributed by atoms with van der Waals surface area (Å²) in [7, 11) is 4.42. The Morgan fingerprint density at radius 3 is 2.42 bits per heavy atom. The smallest absolute Gasteiger partial charge is 0.326 e. The molecule has 11 heteroatoms. The van der Waals surface area contributed by atoms with Crippen LogP contribution in [0.4, 0.5) is 14.9 Å². The first-order valence-corrected chi connectivity index (χ1v) is 15.2. The maximum Gasteiger partial charge on any atom is 0.326 e. The van der Waals surface area contributed by atoms with E-state index in [-0.39, 0.29) is 6.54 Å². The number of carbonyl (C=O) groups excluding carboxylic acids is 3. The van der Waals surface area contributed by atoms with E-state index in [0.717, 1.165) is 16.0 Å². The molecule has 3 aromatic carbocycles. The minimum atomic E-state index is -1.04. The fourth-order valence-electron chi connectivity index (χ4n) is 5.97. The van der Waals surface area contributed by atoms with Crippen LogP contribution in [0.3, 0.4) is 0 Å². The molecule has 0 radical (unpaired) electrons. The average molecular weight is 637 g/mol. The minimum Gasteiger partial charge on any atom is -0.496 e. The standard InChI is InChI=1S/C34H38ClFN4O5/c1-20-22(8-7-11-28(20)37-31(41)26-18-38(3)33(43)39(4)32(26)42)24-10-6-9-23(30(24)35)21-16-27(36)25(29(17-21)45-5)19-40-14-12-34(2,44)13-15-40/h6-11,16-17,26,44H,12-15,18-19H2,1-5H3,(H,37,41). The van der Waals surface area contributed by atoms with Crippen LogP contribution in [0.25, 0.3) is 22.3 Å². The first-order valence-electron chi connectivity index (χ1n) is 14.8. The predicted octanol–water partition coefficient (Wildman–Crippen LogP) is 5.56. The van der Waals surface area contributed by atoms with Crippen molar-refractivity contribution >= 4 is 35.1 Å². The monoisotopic (exact) mass is 636 g/mol. The SMILES string of the molecule is COc1cc(-c2cccc(-c3cccc(NC(=O)C4CN(C)C(=O)N(C)C4=O)c3C)c2Cl)cc(F)c1CN1CCC(C)(O)CC1. The van der Waals surface area contributed by atoms with Crippen LogP contribution < -0.4 is 10.1 Å². The Labute approximate surface area is 267 Å². The number of piperidine rings is 1. The van der Waals surface area contributed by atoms with Crippen LogP contribution in [0, 0.1) is 18.7 Å². The van der Waals surface area contributed by atoms with Crippen molar-refractivity contribution in [2.75, 3.05) is 46.2 Å². The van der Waals surface area contributed by atoms with Crippen molar-refractivity contribution in [3.63, 3.8) is 0 Å². The van der Waals surface area contributed by atoms with Gasteiger partial charge in [-0.2, -0.15) is 0 Å². The zero-order valence-corrected chi connectivity index (χ0v) is 26.9. The summed E-state index contributed by atoms with van der Waals surface area (Å²) in [5.74, 6) is -2.09. The fraction of sp³-hybridized carbons (Fsp3) is 0.382. The summed E-state index contributed by atoms with van der Waals surface area (Å²) >= 11 is 6.99. The van der Waals surface area contributed by atoms with Crippen LogP contribution >= 0.6 is 11.6 Å². The second-order valence-electron chi connectivity index (χ2n) is 12.2. The Bertz CT molecular complexity index is 1650. The van der Waals surface area contributed by atoms with Gasteiger partial charge in [0.15, 0.2) is 0 Å². The first kappa shape index (κ1) is 32.4. The average Bonchev–Trinajstić information content (AvgIpc) is 3.01. The maximum absolute atomic E-state index is 15.6. The molecular formula is C34H38ClFN4O5. The second kappa shape index (κ2) is 12.8. The van der Waals surface area contributed by atoms with E-state index in [1.807, 2.05) is 38.1 Å². The van der Waals surface area contributed by atoms with Gasteiger partial charge in [0, 0.05) is 62.7 Å². The third-order valence-electron chi connectivity index (χ3n) is 8.90. The van der Waals surface area contributed by atoms with Crippen molar-refractivity contribution in [1.82, 2.24) is 14.7 Å². The molecule has 1 unspecified atom stereocenters. The van der Waals surface area contributed by atoms with Crippen molar-refractivity contribution in [1.29, 1.82) is 0 Å². The summed E-state index contributed by atoms with van der Waals surface area (Å²) in [5, 5.41) is 13.5. The zero-order valence-electron chi connectivity index (χ0n) is 26.1. The fourth-order valence-corrected chi connectivity index (χ4v) is 6.31. The number of urea groups is 1. The van der Waals surface area contributed by atoms with E-state index in [1.54, 1.807) is 25.2 Å². The van der Waals surface area contributed by atoms with E-state index in [0.29, 0.717) is 71.2 Å². The molecule has 2 aliphatic rings. The Kier molecular flexibility index (Phi) is 9.21. The van der Waals surface area contributed by atoms with Gasteiger partial charge in [0.1, 0.15) is 17.5 Å². The van der Waals surface area contributed by atoms with E-state index < -0.39 is 35.2 Å². The molecule has 0 bridgehead atoms. The third kappa shape index (κ3) is 6.54. The molecule has 3 aromatic rings. The quantitative estimate of drug-likeness (QED) is 0.330. The Morgan fingerprint density at radius 2 is 1.73 bits per heavy atom. The molecule has 0 aliphatic carbocycles. The number of nitrogens with zero attached hydrogens (tertiary/aromatic N) is 3. The molecule has 2 heterocycles. The number of methoxy groups -OCH3 is 1. The molecule has 45 heavy (non-hydrogen) atoms. The number of benzene rings is 3. The number of amides is 4. The number of anilines is 1. The van der Waals surface area contributed by atoms with Crippen molar-refractivity contribution < 1.29 is 28.6 Å². The molecule has 2 saturated heterocycles. The number of aliphatic hydroxyl groups is 1. The molecule has 5 rings (SSSR count). The number of likely N-dealkylation sites (tertiary alicyclic amines) is 1. The number of hydrogen-bond donors (Lipinski definition) is 2. The lowest BCUT2D eigenvalue weighted by molar-refractivity contribution is -0.140. The molecule has 1 atom stereocenters. The van der Waals surface area contributed by atoms with E-state index in [2.05, 4.69) is 10.2 Å². The van der Waals surface area contributed by atoms with Gasteiger partial charge in [-0.05, 0) is 61.6 Å². The third-order valence-corrected chi connectivity index (χ3v) is 9.30. The van der Waals surface area contributed by atoms with Crippen LogP contribution in [-0.2, 0) is 16.1 Å². The lowest BCUT2D eigenvalue weighted by Crippen LogP contribution is -2.56. The number of ether oxygens (including phenoxy) is 1. The van der Waals surface area contributed by atoms with Gasteiger partial charge in [-0.1, -0.05) is 41.9 Å². The molecule has 2 fully saturated rings. The lowest BCUT2D eigenvalue weighted by atomic mass is 9.93. The van der Waals surface area contributed by atoms with E-state index in [1.165, 1.54) is 25.1 Å². The Balaban J connectivity index is 1.42. The highest BCUT2D eigenvalue weighted by Gasteiger charge is 2.39. The number of halogens is 2. The van der Waals surface area contributed by atoms with Crippen LogP contribution in [0.2, 0.25) is 5.02 Å². The maximum atomic E-state index is 15.6. The molecular weight excluding hydrogens is 599 g/mol. The lowest BCUT2D eigenvalue weighted by Gasteiger charge is -2.36. The van der Waals surface area contributed by atoms with Gasteiger partial charge in [-0.15, -0.1) is 0 Å². The zero-order chi connectivity index (χ0) is 32.6. The van der Waals surface area contributed by atoms with Crippen molar-refractivity contribution in [3.8, 4) is 28.0 Å². The van der Waals surface area contributed by atoms with Crippen molar-refractivity contribution in [2.45, 2.75) is 38.8 Å². The molecule has 0 saturated carbocycles. The summed E-state index contributed by atoms with van der Waals surface area (Å²) in [5.41, 5.74) is 3.60. The molecule has 2 N–H and O–H groups in total. The summed E-state index contributed by atoms with van der Waals surface area (Å²) < 4.78 is 21.3. The summed E-state index contributed by atoms with van der Waals surface area (Å²) in [6.45, 7) is 5.35. The molecule has 9 nitrogen and oxygen atoms in total. The summed E-state index contributed by atoms with van der Waals surface area (Å²) in [4.78, 5) is 42.3. The first-order chi connectivity index (χ1) is 21.3. The number of imide groups is 1. The predicted molar refractivity (Wildman–Crippen MR) is 172 cm³/mol. The van der Waals surface area contributed by atoms with Gasteiger partial charge in [0.25, 0.3) is 0 Å². The number of rotatable bonds is 7. The molecule has 0 aromatic heterocycles.